The zero-order chi connectivity index (χ0) is 14.5. The highest BCUT2D eigenvalue weighted by atomic mass is 32.1. The fourth-order valence-corrected chi connectivity index (χ4v) is 3.65. The molecule has 1 aromatic rings. The summed E-state index contributed by atoms with van der Waals surface area (Å²) in [6, 6.07) is 0.217. The third-order valence-electron chi connectivity index (χ3n) is 3.85. The first-order chi connectivity index (χ1) is 9.58. The molecule has 0 bridgehead atoms. The summed E-state index contributed by atoms with van der Waals surface area (Å²) < 4.78 is 0. The molecule has 0 radical (unpaired) electrons. The molecule has 1 unspecified atom stereocenters. The van der Waals surface area contributed by atoms with Crippen molar-refractivity contribution in [2.24, 2.45) is 0 Å². The van der Waals surface area contributed by atoms with Gasteiger partial charge in [0.2, 0.25) is 5.91 Å². The van der Waals surface area contributed by atoms with E-state index in [-0.39, 0.29) is 11.9 Å². The van der Waals surface area contributed by atoms with Crippen LogP contribution in [0.5, 0.6) is 0 Å². The summed E-state index contributed by atoms with van der Waals surface area (Å²) in [5.41, 5.74) is 1.12. The Bertz CT molecular complexity index is 452. The second-order valence-corrected chi connectivity index (χ2v) is 6.95. The number of carbonyl (C=O) groups is 1. The van der Waals surface area contributed by atoms with Crippen molar-refractivity contribution >= 4 is 17.2 Å². The molecular weight excluding hydrogens is 270 g/mol. The Morgan fingerprint density at radius 1 is 1.35 bits per heavy atom. The third-order valence-corrected chi connectivity index (χ3v) is 4.75. The second kappa shape index (κ2) is 7.18. The van der Waals surface area contributed by atoms with Gasteiger partial charge < -0.3 is 10.2 Å². The third kappa shape index (κ3) is 4.03. The van der Waals surface area contributed by atoms with Crippen LogP contribution in [0, 0.1) is 13.8 Å². The van der Waals surface area contributed by atoms with E-state index in [9.17, 15) is 4.79 Å². The Labute approximate surface area is 125 Å². The Hall–Kier alpha value is -0.940. The molecule has 1 atom stereocenters. The molecule has 2 heterocycles. The average molecular weight is 295 g/mol. The van der Waals surface area contributed by atoms with Gasteiger partial charge in [0.25, 0.3) is 0 Å². The number of rotatable bonds is 5. The average Bonchev–Trinajstić information content (AvgIpc) is 2.78. The van der Waals surface area contributed by atoms with Crippen molar-refractivity contribution in [3.63, 3.8) is 0 Å². The van der Waals surface area contributed by atoms with Gasteiger partial charge in [-0.05, 0) is 40.0 Å². The van der Waals surface area contributed by atoms with Crippen molar-refractivity contribution in [2.75, 3.05) is 19.6 Å². The second-order valence-electron chi connectivity index (χ2n) is 5.54. The molecule has 0 aliphatic carbocycles. The summed E-state index contributed by atoms with van der Waals surface area (Å²) in [6.45, 7) is 8.88. The van der Waals surface area contributed by atoms with E-state index in [2.05, 4.69) is 24.1 Å². The molecule has 2 rings (SSSR count). The highest BCUT2D eigenvalue weighted by molar-refractivity contribution is 7.11. The van der Waals surface area contributed by atoms with Gasteiger partial charge in [0.15, 0.2) is 0 Å². The minimum Gasteiger partial charge on any atom is -0.343 e. The fourth-order valence-electron chi connectivity index (χ4n) is 2.74. The maximum atomic E-state index is 12.1. The lowest BCUT2D eigenvalue weighted by molar-refractivity contribution is -0.132. The number of aromatic nitrogens is 1. The normalized spacial score (nSPS) is 17.2. The van der Waals surface area contributed by atoms with E-state index in [0.29, 0.717) is 6.42 Å². The Morgan fingerprint density at radius 2 is 2.05 bits per heavy atom. The molecule has 4 nitrogen and oxygen atoms in total. The first kappa shape index (κ1) is 15.4. The van der Waals surface area contributed by atoms with Crippen molar-refractivity contribution in [1.29, 1.82) is 0 Å². The van der Waals surface area contributed by atoms with Crippen LogP contribution in [0.1, 0.15) is 54.2 Å². The van der Waals surface area contributed by atoms with Gasteiger partial charge in [0, 0.05) is 37.0 Å². The van der Waals surface area contributed by atoms with Crippen LogP contribution >= 0.6 is 11.3 Å². The zero-order valence-corrected chi connectivity index (χ0v) is 13.6. The molecule has 1 aliphatic rings. The Kier molecular flexibility index (Phi) is 5.54. The van der Waals surface area contributed by atoms with Crippen LogP contribution in [0.4, 0.5) is 0 Å². The largest absolute Gasteiger partial charge is 0.343 e. The molecule has 20 heavy (non-hydrogen) atoms. The first-order valence-electron chi connectivity index (χ1n) is 7.53. The number of nitrogens with zero attached hydrogens (tertiary/aromatic N) is 2. The van der Waals surface area contributed by atoms with Gasteiger partial charge in [-0.15, -0.1) is 11.3 Å². The molecular formula is C15H25N3OS. The van der Waals surface area contributed by atoms with Crippen LogP contribution in [0.3, 0.4) is 0 Å². The van der Waals surface area contributed by atoms with Gasteiger partial charge >= 0.3 is 0 Å². The number of carbonyl (C=O) groups excluding carboxylic acids is 1. The van der Waals surface area contributed by atoms with Gasteiger partial charge in [0.1, 0.15) is 0 Å². The van der Waals surface area contributed by atoms with E-state index in [1.54, 1.807) is 11.3 Å². The van der Waals surface area contributed by atoms with Crippen molar-refractivity contribution < 1.29 is 4.79 Å². The molecule has 112 valence electrons. The summed E-state index contributed by atoms with van der Waals surface area (Å²) in [5.74, 6) is 0.288. The van der Waals surface area contributed by atoms with E-state index in [1.807, 2.05) is 11.8 Å². The molecule has 1 fully saturated rings. The summed E-state index contributed by atoms with van der Waals surface area (Å²) in [6.07, 6.45) is 4.17. The number of thiazole rings is 1. The molecule has 0 spiro atoms. The quantitative estimate of drug-likeness (QED) is 0.908. The van der Waals surface area contributed by atoms with Crippen LogP contribution in [-0.4, -0.2) is 35.4 Å². The minimum absolute atomic E-state index is 0.217. The van der Waals surface area contributed by atoms with Crippen LogP contribution in [0.25, 0.3) is 0 Å². The molecule has 0 aromatic carbocycles. The molecule has 1 aliphatic heterocycles. The lowest BCUT2D eigenvalue weighted by Gasteiger charge is -2.27. The molecule has 1 N–H and O–H groups in total. The maximum Gasteiger partial charge on any atom is 0.223 e. The monoisotopic (exact) mass is 295 g/mol. The minimum atomic E-state index is 0.217. The van der Waals surface area contributed by atoms with Crippen LogP contribution in [0.15, 0.2) is 0 Å². The number of piperidine rings is 1. The fraction of sp³-hybridized carbons (Fsp3) is 0.733. The molecule has 0 saturated carbocycles. The van der Waals surface area contributed by atoms with E-state index in [4.69, 9.17) is 0 Å². The van der Waals surface area contributed by atoms with Crippen molar-refractivity contribution in [1.82, 2.24) is 15.2 Å². The number of hydrogen-bond donors (Lipinski definition) is 1. The van der Waals surface area contributed by atoms with Gasteiger partial charge in [0.05, 0.1) is 10.7 Å². The molecule has 5 heteroatoms. The summed E-state index contributed by atoms with van der Waals surface area (Å²) in [7, 11) is 0. The molecule has 1 amide bonds. The first-order valence-corrected chi connectivity index (χ1v) is 8.34. The highest BCUT2D eigenvalue weighted by Gasteiger charge is 2.17. The van der Waals surface area contributed by atoms with E-state index < -0.39 is 0 Å². The number of nitrogens with one attached hydrogen (secondary N) is 1. The molecule has 1 saturated heterocycles. The lowest BCUT2D eigenvalue weighted by Crippen LogP contribution is -2.37. The molecule has 1 aromatic heterocycles. The predicted molar refractivity (Wildman–Crippen MR) is 83.1 cm³/mol. The number of likely N-dealkylation sites (tertiary alicyclic amines) is 1. The van der Waals surface area contributed by atoms with Crippen LogP contribution in [0.2, 0.25) is 0 Å². The zero-order valence-electron chi connectivity index (χ0n) is 12.7. The number of aryl methyl sites for hydroxylation is 2. The highest BCUT2D eigenvalue weighted by Crippen LogP contribution is 2.22. The topological polar surface area (TPSA) is 45.2 Å². The Balaban J connectivity index is 1.75. The van der Waals surface area contributed by atoms with Gasteiger partial charge in [-0.1, -0.05) is 0 Å². The SMILES string of the molecule is Cc1nc(C(C)NCCC(=O)N2CCCCC2)c(C)s1. The van der Waals surface area contributed by atoms with Crippen molar-refractivity contribution in [3.05, 3.63) is 15.6 Å². The van der Waals surface area contributed by atoms with Crippen LogP contribution in [-0.2, 0) is 4.79 Å². The van der Waals surface area contributed by atoms with Crippen molar-refractivity contribution in [3.8, 4) is 0 Å². The van der Waals surface area contributed by atoms with E-state index >= 15 is 0 Å². The van der Waals surface area contributed by atoms with Crippen molar-refractivity contribution in [2.45, 2.75) is 52.5 Å². The lowest BCUT2D eigenvalue weighted by atomic mass is 10.1. The number of amides is 1. The summed E-state index contributed by atoms with van der Waals surface area (Å²) in [5, 5.41) is 4.53. The summed E-state index contributed by atoms with van der Waals surface area (Å²) >= 11 is 1.73. The van der Waals surface area contributed by atoms with Gasteiger partial charge in [-0.3, -0.25) is 4.79 Å². The van der Waals surface area contributed by atoms with Gasteiger partial charge in [-0.2, -0.15) is 0 Å². The Morgan fingerprint density at radius 3 is 2.65 bits per heavy atom. The van der Waals surface area contributed by atoms with E-state index in [0.717, 1.165) is 43.2 Å². The predicted octanol–water partition coefficient (Wildman–Crippen LogP) is 2.81. The maximum absolute atomic E-state index is 12.1. The van der Waals surface area contributed by atoms with Crippen LogP contribution < -0.4 is 5.32 Å². The van der Waals surface area contributed by atoms with E-state index in [1.165, 1.54) is 11.3 Å². The summed E-state index contributed by atoms with van der Waals surface area (Å²) in [4.78, 5) is 19.9. The number of hydrogen-bond acceptors (Lipinski definition) is 4. The van der Waals surface area contributed by atoms with Gasteiger partial charge in [-0.25, -0.2) is 4.98 Å². The smallest absolute Gasteiger partial charge is 0.223 e. The standard InChI is InChI=1S/C15H25N3OS/c1-11(15-12(2)20-13(3)17-15)16-8-7-14(19)18-9-5-4-6-10-18/h11,16H,4-10H2,1-3H3.